The molecule has 1 unspecified atom stereocenters. The van der Waals surface area contributed by atoms with Crippen LogP contribution < -0.4 is 0 Å². The molecule has 0 bridgehead atoms. The lowest BCUT2D eigenvalue weighted by Gasteiger charge is -2.28. The minimum Gasteiger partial charge on any atom is -0.468 e. The number of rotatable bonds is 3. The summed E-state index contributed by atoms with van der Waals surface area (Å²) in [5.41, 5.74) is 1.03. The van der Waals surface area contributed by atoms with E-state index in [1.54, 1.807) is 18.4 Å². The fourth-order valence-corrected chi connectivity index (χ4v) is 3.03. The van der Waals surface area contributed by atoms with Gasteiger partial charge in [-0.1, -0.05) is 25.0 Å². The summed E-state index contributed by atoms with van der Waals surface area (Å²) in [7, 11) is 0. The number of likely N-dealkylation sites (tertiary alicyclic amines) is 1. The largest absolute Gasteiger partial charge is 0.468 e. The van der Waals surface area contributed by atoms with Crippen molar-refractivity contribution in [2.75, 3.05) is 6.54 Å². The van der Waals surface area contributed by atoms with Crippen molar-refractivity contribution in [3.63, 3.8) is 0 Å². The van der Waals surface area contributed by atoms with Crippen LogP contribution in [0.15, 0.2) is 47.1 Å². The predicted molar refractivity (Wildman–Crippen MR) is 76.7 cm³/mol. The predicted octanol–water partition coefficient (Wildman–Crippen LogP) is 4.54. The number of nitrogens with zero attached hydrogens (tertiary/aromatic N) is 1. The Balaban J connectivity index is 1.80. The number of benzene rings is 1. The standard InChI is InChI=1S/C17H20FNO/c18-15-7-4-6-14(12-15)13-19-10-3-1-2-8-16(19)17-9-5-11-20-17/h4-7,9,11-12,16H,1-3,8,10,13H2. The van der Waals surface area contributed by atoms with Crippen LogP contribution in [0.25, 0.3) is 0 Å². The highest BCUT2D eigenvalue weighted by molar-refractivity contribution is 5.17. The average molecular weight is 273 g/mol. The molecule has 2 aromatic rings. The Morgan fingerprint density at radius 1 is 1.15 bits per heavy atom. The normalized spacial score (nSPS) is 20.8. The average Bonchev–Trinajstić information content (AvgIpc) is 2.87. The van der Waals surface area contributed by atoms with Gasteiger partial charge in [0.1, 0.15) is 11.6 Å². The lowest BCUT2D eigenvalue weighted by Crippen LogP contribution is -2.27. The molecule has 1 saturated heterocycles. The monoisotopic (exact) mass is 273 g/mol. The number of hydrogen-bond acceptors (Lipinski definition) is 2. The van der Waals surface area contributed by atoms with E-state index < -0.39 is 0 Å². The van der Waals surface area contributed by atoms with Crippen LogP contribution >= 0.6 is 0 Å². The molecule has 3 heteroatoms. The summed E-state index contributed by atoms with van der Waals surface area (Å²) in [6, 6.07) is 11.2. The Morgan fingerprint density at radius 3 is 2.90 bits per heavy atom. The number of furan rings is 1. The maximum atomic E-state index is 13.3. The summed E-state index contributed by atoms with van der Waals surface area (Å²) < 4.78 is 18.9. The Bertz CT molecular complexity index is 538. The fourth-order valence-electron chi connectivity index (χ4n) is 3.03. The first-order valence-electron chi connectivity index (χ1n) is 7.35. The summed E-state index contributed by atoms with van der Waals surface area (Å²) >= 11 is 0. The van der Waals surface area contributed by atoms with Crippen LogP contribution in [0.4, 0.5) is 4.39 Å². The molecule has 1 fully saturated rings. The zero-order chi connectivity index (χ0) is 13.8. The fraction of sp³-hybridized carbons (Fsp3) is 0.412. The minimum atomic E-state index is -0.160. The first kappa shape index (κ1) is 13.4. The molecular formula is C17H20FNO. The van der Waals surface area contributed by atoms with Crippen LogP contribution in [0, 0.1) is 5.82 Å². The van der Waals surface area contributed by atoms with E-state index in [-0.39, 0.29) is 5.82 Å². The lowest BCUT2D eigenvalue weighted by molar-refractivity contribution is 0.169. The second-order valence-electron chi connectivity index (χ2n) is 5.48. The van der Waals surface area contributed by atoms with Crippen molar-refractivity contribution < 1.29 is 8.81 Å². The summed E-state index contributed by atoms with van der Waals surface area (Å²) in [6.07, 6.45) is 6.54. The van der Waals surface area contributed by atoms with E-state index in [1.165, 1.54) is 25.3 Å². The van der Waals surface area contributed by atoms with Gasteiger partial charge in [0.15, 0.2) is 0 Å². The summed E-state index contributed by atoms with van der Waals surface area (Å²) in [6.45, 7) is 1.82. The van der Waals surface area contributed by atoms with E-state index in [9.17, 15) is 4.39 Å². The van der Waals surface area contributed by atoms with Gasteiger partial charge < -0.3 is 4.42 Å². The molecule has 20 heavy (non-hydrogen) atoms. The first-order chi connectivity index (χ1) is 9.83. The van der Waals surface area contributed by atoms with E-state index in [4.69, 9.17) is 4.42 Å². The zero-order valence-corrected chi connectivity index (χ0v) is 11.6. The third-order valence-electron chi connectivity index (χ3n) is 4.01. The molecule has 3 rings (SSSR count). The van der Waals surface area contributed by atoms with Crippen molar-refractivity contribution in [1.29, 1.82) is 0 Å². The molecule has 0 radical (unpaired) electrons. The summed E-state index contributed by atoms with van der Waals surface area (Å²) in [5, 5.41) is 0. The highest BCUT2D eigenvalue weighted by Crippen LogP contribution is 2.31. The first-order valence-corrected chi connectivity index (χ1v) is 7.35. The molecule has 106 valence electrons. The highest BCUT2D eigenvalue weighted by atomic mass is 19.1. The van der Waals surface area contributed by atoms with Crippen molar-refractivity contribution in [3.05, 3.63) is 59.8 Å². The molecule has 0 spiro atoms. The molecule has 1 aliphatic heterocycles. The van der Waals surface area contributed by atoms with Crippen LogP contribution in [-0.4, -0.2) is 11.4 Å². The lowest BCUT2D eigenvalue weighted by atomic mass is 10.1. The van der Waals surface area contributed by atoms with Crippen LogP contribution in [-0.2, 0) is 6.54 Å². The van der Waals surface area contributed by atoms with Gasteiger partial charge in [0.05, 0.1) is 12.3 Å². The van der Waals surface area contributed by atoms with Crippen molar-refractivity contribution in [1.82, 2.24) is 4.90 Å². The van der Waals surface area contributed by atoms with Gasteiger partial charge in [-0.2, -0.15) is 0 Å². The van der Waals surface area contributed by atoms with Gasteiger partial charge in [0.25, 0.3) is 0 Å². The van der Waals surface area contributed by atoms with Gasteiger partial charge in [0.2, 0.25) is 0 Å². The van der Waals surface area contributed by atoms with Gasteiger partial charge in [-0.15, -0.1) is 0 Å². The number of halogens is 1. The second-order valence-corrected chi connectivity index (χ2v) is 5.48. The minimum absolute atomic E-state index is 0.160. The Labute approximate surface area is 119 Å². The number of hydrogen-bond donors (Lipinski definition) is 0. The molecule has 0 saturated carbocycles. The smallest absolute Gasteiger partial charge is 0.123 e. The van der Waals surface area contributed by atoms with Gasteiger partial charge in [-0.25, -0.2) is 4.39 Å². The van der Waals surface area contributed by atoms with Crippen LogP contribution in [0.1, 0.15) is 43.0 Å². The molecule has 1 aliphatic rings. The van der Waals surface area contributed by atoms with Crippen molar-refractivity contribution >= 4 is 0 Å². The quantitative estimate of drug-likeness (QED) is 0.816. The van der Waals surface area contributed by atoms with Gasteiger partial charge >= 0.3 is 0 Å². The molecule has 2 nitrogen and oxygen atoms in total. The van der Waals surface area contributed by atoms with E-state index in [1.807, 2.05) is 12.1 Å². The molecule has 0 N–H and O–H groups in total. The van der Waals surface area contributed by atoms with Gasteiger partial charge in [-0.05, 0) is 49.2 Å². The SMILES string of the molecule is Fc1cccc(CN2CCCCCC2c2ccco2)c1. The van der Waals surface area contributed by atoms with Crippen LogP contribution in [0.3, 0.4) is 0 Å². The van der Waals surface area contributed by atoms with Crippen LogP contribution in [0.2, 0.25) is 0 Å². The second kappa shape index (κ2) is 6.23. The van der Waals surface area contributed by atoms with E-state index in [0.717, 1.165) is 30.8 Å². The van der Waals surface area contributed by atoms with E-state index >= 15 is 0 Å². The van der Waals surface area contributed by atoms with Gasteiger partial charge in [-0.3, -0.25) is 4.90 Å². The third kappa shape index (κ3) is 3.10. The molecule has 1 aromatic heterocycles. The zero-order valence-electron chi connectivity index (χ0n) is 11.6. The van der Waals surface area contributed by atoms with E-state index in [0.29, 0.717) is 6.04 Å². The molecule has 1 aromatic carbocycles. The maximum absolute atomic E-state index is 13.3. The van der Waals surface area contributed by atoms with Crippen molar-refractivity contribution in [3.8, 4) is 0 Å². The van der Waals surface area contributed by atoms with Crippen molar-refractivity contribution in [2.45, 2.75) is 38.3 Å². The highest BCUT2D eigenvalue weighted by Gasteiger charge is 2.24. The van der Waals surface area contributed by atoms with E-state index in [2.05, 4.69) is 11.0 Å². The Hall–Kier alpha value is -1.61. The van der Waals surface area contributed by atoms with Gasteiger partial charge in [0, 0.05) is 6.54 Å². The Morgan fingerprint density at radius 2 is 2.10 bits per heavy atom. The Kier molecular flexibility index (Phi) is 4.16. The topological polar surface area (TPSA) is 16.4 Å². The molecule has 0 amide bonds. The summed E-state index contributed by atoms with van der Waals surface area (Å²) in [4.78, 5) is 2.42. The molecule has 0 aliphatic carbocycles. The summed E-state index contributed by atoms with van der Waals surface area (Å²) in [5.74, 6) is 0.871. The maximum Gasteiger partial charge on any atom is 0.123 e. The van der Waals surface area contributed by atoms with Crippen molar-refractivity contribution in [2.24, 2.45) is 0 Å². The molecule has 2 heterocycles. The third-order valence-corrected chi connectivity index (χ3v) is 4.01. The molecular weight excluding hydrogens is 253 g/mol. The molecule has 1 atom stereocenters. The van der Waals surface area contributed by atoms with Crippen LogP contribution in [0.5, 0.6) is 0 Å².